The van der Waals surface area contributed by atoms with Crippen molar-refractivity contribution in [2.24, 2.45) is 0 Å². The van der Waals surface area contributed by atoms with Gasteiger partial charge < -0.3 is 15.4 Å². The molecule has 5 nitrogen and oxygen atoms in total. The van der Waals surface area contributed by atoms with E-state index in [2.05, 4.69) is 4.90 Å². The van der Waals surface area contributed by atoms with Crippen molar-refractivity contribution in [3.8, 4) is 0 Å². The Kier molecular flexibility index (Phi) is 5.47. The summed E-state index contributed by atoms with van der Waals surface area (Å²) in [5.74, 6) is 0. The maximum absolute atomic E-state index is 12.8. The van der Waals surface area contributed by atoms with Gasteiger partial charge in [-0.3, -0.25) is 4.90 Å². The van der Waals surface area contributed by atoms with Crippen LogP contribution >= 0.6 is 11.6 Å². The fourth-order valence-corrected chi connectivity index (χ4v) is 4.47. The molecule has 1 unspecified atom stereocenters. The Morgan fingerprint density at radius 1 is 1.00 bits per heavy atom. The van der Waals surface area contributed by atoms with Gasteiger partial charge in [0.1, 0.15) is 12.1 Å². The van der Waals surface area contributed by atoms with Crippen molar-refractivity contribution in [1.82, 2.24) is 4.90 Å². The molecule has 0 spiro atoms. The quantitative estimate of drug-likeness (QED) is 0.759. The normalized spacial score (nSPS) is 23.0. The number of piperidine rings is 1. The summed E-state index contributed by atoms with van der Waals surface area (Å²) < 4.78 is 5.61. The maximum atomic E-state index is 12.8. The first-order valence-electron chi connectivity index (χ1n) is 9.85. The van der Waals surface area contributed by atoms with E-state index in [1.165, 1.54) is 19.3 Å². The number of benzene rings is 2. The second-order valence-corrected chi connectivity index (χ2v) is 8.28. The lowest BCUT2D eigenvalue weighted by Crippen LogP contribution is -2.57. The van der Waals surface area contributed by atoms with Gasteiger partial charge in [0.2, 0.25) is 0 Å². The molecular formula is C22H26ClN3O2. The number of nitrogens with zero attached hydrogens (tertiary/aromatic N) is 2. The molecule has 2 saturated heterocycles. The zero-order valence-electron chi connectivity index (χ0n) is 15.9. The summed E-state index contributed by atoms with van der Waals surface area (Å²) in [4.78, 5) is 17.1. The fourth-order valence-electron chi connectivity index (χ4n) is 4.34. The number of carbonyl (C=O) groups excluding carboxylic acids is 1. The predicted octanol–water partition coefficient (Wildman–Crippen LogP) is 4.35. The number of halogens is 1. The molecule has 2 aliphatic heterocycles. The van der Waals surface area contributed by atoms with Crippen LogP contribution in [-0.2, 0) is 11.2 Å². The number of hydrogen-bond acceptors (Lipinski definition) is 4. The highest BCUT2D eigenvalue weighted by molar-refractivity contribution is 6.30. The number of rotatable bonds is 5. The van der Waals surface area contributed by atoms with Crippen LogP contribution in [0, 0.1) is 0 Å². The molecule has 4 rings (SSSR count). The van der Waals surface area contributed by atoms with Crippen LogP contribution in [0.2, 0.25) is 5.02 Å². The minimum Gasteiger partial charge on any atom is -0.447 e. The van der Waals surface area contributed by atoms with Gasteiger partial charge in [-0.25, -0.2) is 4.79 Å². The van der Waals surface area contributed by atoms with Crippen molar-refractivity contribution in [3.63, 3.8) is 0 Å². The molecule has 2 heterocycles. The van der Waals surface area contributed by atoms with Crippen LogP contribution in [0.1, 0.15) is 24.8 Å². The molecule has 2 aromatic rings. The number of cyclic esters (lactones) is 1. The van der Waals surface area contributed by atoms with Crippen molar-refractivity contribution in [3.05, 3.63) is 59.1 Å². The first kappa shape index (κ1) is 19.1. The molecule has 1 amide bonds. The standard InChI is InChI=1S/C22H26ClN3O2/c23-18-6-10-20(11-7-18)26-21(27)28-16-22(26,15-25-12-2-1-3-13-25)14-17-4-8-19(24)9-5-17/h4-11H,1-3,12-16,24H2. The predicted molar refractivity (Wildman–Crippen MR) is 113 cm³/mol. The Balaban J connectivity index is 1.70. The molecule has 0 bridgehead atoms. The Hall–Kier alpha value is -2.24. The number of amides is 1. The van der Waals surface area contributed by atoms with E-state index in [1.54, 1.807) is 0 Å². The summed E-state index contributed by atoms with van der Waals surface area (Å²) >= 11 is 6.07. The van der Waals surface area contributed by atoms with E-state index in [9.17, 15) is 4.79 Å². The van der Waals surface area contributed by atoms with Crippen LogP contribution in [0.25, 0.3) is 0 Å². The average molecular weight is 400 g/mol. The van der Waals surface area contributed by atoms with E-state index in [4.69, 9.17) is 22.1 Å². The van der Waals surface area contributed by atoms with Gasteiger partial charge in [-0.15, -0.1) is 0 Å². The van der Waals surface area contributed by atoms with Gasteiger partial charge in [0.25, 0.3) is 0 Å². The lowest BCUT2D eigenvalue weighted by molar-refractivity contribution is 0.145. The van der Waals surface area contributed by atoms with Crippen LogP contribution in [0.4, 0.5) is 16.2 Å². The molecule has 0 aliphatic carbocycles. The molecule has 0 saturated carbocycles. The highest BCUT2D eigenvalue weighted by Gasteiger charge is 2.49. The van der Waals surface area contributed by atoms with Gasteiger partial charge in [0.15, 0.2) is 0 Å². The van der Waals surface area contributed by atoms with Crippen LogP contribution in [-0.4, -0.2) is 42.8 Å². The molecule has 1 atom stereocenters. The Morgan fingerprint density at radius 2 is 1.68 bits per heavy atom. The second kappa shape index (κ2) is 8.02. The smallest absolute Gasteiger partial charge is 0.415 e. The molecule has 6 heteroatoms. The molecule has 0 radical (unpaired) electrons. The second-order valence-electron chi connectivity index (χ2n) is 7.85. The van der Waals surface area contributed by atoms with E-state index >= 15 is 0 Å². The van der Waals surface area contributed by atoms with E-state index < -0.39 is 5.54 Å². The molecule has 2 N–H and O–H groups in total. The molecule has 2 aromatic carbocycles. The lowest BCUT2D eigenvalue weighted by Gasteiger charge is -2.41. The fraction of sp³-hybridized carbons (Fsp3) is 0.409. The number of likely N-dealkylation sites (tertiary alicyclic amines) is 1. The number of carbonyl (C=O) groups is 1. The van der Waals surface area contributed by atoms with Crippen LogP contribution < -0.4 is 10.6 Å². The third-order valence-corrected chi connectivity index (χ3v) is 5.94. The highest BCUT2D eigenvalue weighted by Crippen LogP contribution is 2.36. The Bertz CT molecular complexity index is 819. The van der Waals surface area contributed by atoms with Gasteiger partial charge in [-0.2, -0.15) is 0 Å². The van der Waals surface area contributed by atoms with Crippen LogP contribution in [0.15, 0.2) is 48.5 Å². The number of anilines is 2. The largest absolute Gasteiger partial charge is 0.447 e. The number of nitrogens with two attached hydrogens (primary N) is 1. The number of ether oxygens (including phenoxy) is 1. The number of nitrogen functional groups attached to an aromatic ring is 1. The van der Waals surface area contributed by atoms with Gasteiger partial charge in [-0.1, -0.05) is 30.2 Å². The van der Waals surface area contributed by atoms with E-state index in [0.717, 1.165) is 36.6 Å². The van der Waals surface area contributed by atoms with Crippen molar-refractivity contribution in [1.29, 1.82) is 0 Å². The van der Waals surface area contributed by atoms with Gasteiger partial charge in [0.05, 0.1) is 0 Å². The monoisotopic (exact) mass is 399 g/mol. The Labute approximate surface area is 171 Å². The minimum absolute atomic E-state index is 0.297. The van der Waals surface area contributed by atoms with E-state index in [1.807, 2.05) is 53.4 Å². The highest BCUT2D eigenvalue weighted by atomic mass is 35.5. The maximum Gasteiger partial charge on any atom is 0.415 e. The van der Waals surface area contributed by atoms with Crippen molar-refractivity contribution < 1.29 is 9.53 Å². The van der Waals surface area contributed by atoms with E-state index in [-0.39, 0.29) is 6.09 Å². The first-order chi connectivity index (χ1) is 13.6. The number of hydrogen-bond donors (Lipinski definition) is 1. The third kappa shape index (κ3) is 3.96. The van der Waals surface area contributed by atoms with Crippen molar-refractivity contribution >= 4 is 29.1 Å². The third-order valence-electron chi connectivity index (χ3n) is 5.69. The molecule has 0 aromatic heterocycles. The summed E-state index contributed by atoms with van der Waals surface area (Å²) in [7, 11) is 0. The summed E-state index contributed by atoms with van der Waals surface area (Å²) in [5, 5.41) is 0.650. The molecular weight excluding hydrogens is 374 g/mol. The molecule has 2 aliphatic rings. The zero-order chi connectivity index (χ0) is 19.6. The first-order valence-corrected chi connectivity index (χ1v) is 10.2. The summed E-state index contributed by atoms with van der Waals surface area (Å²) in [6, 6.07) is 15.3. The van der Waals surface area contributed by atoms with Crippen LogP contribution in [0.3, 0.4) is 0 Å². The molecule has 148 valence electrons. The van der Waals surface area contributed by atoms with Crippen LogP contribution in [0.5, 0.6) is 0 Å². The minimum atomic E-state index is -0.460. The lowest BCUT2D eigenvalue weighted by atomic mass is 9.88. The van der Waals surface area contributed by atoms with E-state index in [0.29, 0.717) is 18.1 Å². The average Bonchev–Trinajstić information content (AvgIpc) is 3.01. The van der Waals surface area contributed by atoms with Crippen molar-refractivity contribution in [2.45, 2.75) is 31.2 Å². The molecule has 2 fully saturated rings. The van der Waals surface area contributed by atoms with Crippen molar-refractivity contribution in [2.75, 3.05) is 36.9 Å². The van der Waals surface area contributed by atoms with Gasteiger partial charge >= 0.3 is 6.09 Å². The van der Waals surface area contributed by atoms with Gasteiger partial charge in [0, 0.05) is 29.4 Å². The topological polar surface area (TPSA) is 58.8 Å². The summed E-state index contributed by atoms with van der Waals surface area (Å²) in [5.41, 5.74) is 8.10. The van der Waals surface area contributed by atoms with Gasteiger partial charge in [-0.05, 0) is 67.9 Å². The summed E-state index contributed by atoms with van der Waals surface area (Å²) in [6.45, 7) is 3.28. The zero-order valence-corrected chi connectivity index (χ0v) is 16.7. The Morgan fingerprint density at radius 3 is 2.36 bits per heavy atom. The SMILES string of the molecule is Nc1ccc(CC2(CN3CCCCC3)COC(=O)N2c2ccc(Cl)cc2)cc1. The summed E-state index contributed by atoms with van der Waals surface area (Å²) in [6.07, 6.45) is 4.09. The molecule has 28 heavy (non-hydrogen) atoms.